The van der Waals surface area contributed by atoms with Crippen molar-refractivity contribution in [3.8, 4) is 0 Å². The number of hydrogen-bond acceptors (Lipinski definition) is 3. The molecule has 0 aromatic heterocycles. The van der Waals surface area contributed by atoms with Crippen molar-refractivity contribution < 1.29 is 14.3 Å². The van der Waals surface area contributed by atoms with Gasteiger partial charge < -0.3 is 4.74 Å². The molecular weight excluding hydrogens is 398 g/mol. The molecule has 2 aliphatic heterocycles. The van der Waals surface area contributed by atoms with Crippen molar-refractivity contribution in [1.29, 1.82) is 0 Å². The van der Waals surface area contributed by atoms with Gasteiger partial charge in [-0.1, -0.05) is 78.9 Å². The van der Waals surface area contributed by atoms with Gasteiger partial charge in [0.1, 0.15) is 0 Å². The Morgan fingerprint density at radius 1 is 1.00 bits per heavy atom. The monoisotopic (exact) mass is 425 g/mol. The lowest BCUT2D eigenvalue weighted by Gasteiger charge is -2.53. The maximum atomic E-state index is 14.2. The van der Waals surface area contributed by atoms with Gasteiger partial charge in [-0.05, 0) is 43.0 Å². The van der Waals surface area contributed by atoms with Crippen LogP contribution >= 0.6 is 0 Å². The highest BCUT2D eigenvalue weighted by Crippen LogP contribution is 2.67. The van der Waals surface area contributed by atoms with E-state index in [1.807, 2.05) is 62.5 Å². The SMILES string of the molecule is CCOC(=O)N1C=C[C@@H]2C=C[C@@H]1[C@@]1(C)C(=O)C(C)=C(c3ccccc3)[C@]21c1ccccc1. The van der Waals surface area contributed by atoms with E-state index in [4.69, 9.17) is 4.74 Å². The van der Waals surface area contributed by atoms with Crippen molar-refractivity contribution in [2.24, 2.45) is 11.3 Å². The number of ether oxygens (including phenoxy) is 1. The first-order valence-corrected chi connectivity index (χ1v) is 11.2. The summed E-state index contributed by atoms with van der Waals surface area (Å²) in [6.45, 7) is 6.04. The molecule has 2 aromatic rings. The van der Waals surface area contributed by atoms with Crippen LogP contribution in [-0.4, -0.2) is 29.4 Å². The van der Waals surface area contributed by atoms with Crippen LogP contribution in [0.2, 0.25) is 0 Å². The topological polar surface area (TPSA) is 46.6 Å². The molecular formula is C28H27NO3. The standard InChI is InChI=1S/C28H27NO3/c1-4-32-26(31)29-18-17-22-15-16-23(29)27(3)25(30)19(2)24(20-11-7-5-8-12-20)28(22,27)21-13-9-6-10-14-21/h5-18,22-23H,4H2,1-3H3/t22-,23+,27-,28-/m0/s1. The third-order valence-electron chi connectivity index (χ3n) is 7.52. The number of rotatable bonds is 3. The Labute approximate surface area is 188 Å². The molecule has 0 fully saturated rings. The van der Waals surface area contributed by atoms with Crippen molar-refractivity contribution in [2.75, 3.05) is 6.61 Å². The number of ketones is 1. The summed E-state index contributed by atoms with van der Waals surface area (Å²) in [7, 11) is 0. The largest absolute Gasteiger partial charge is 0.449 e. The second-order valence-corrected chi connectivity index (χ2v) is 8.87. The molecule has 2 heterocycles. The molecule has 4 atom stereocenters. The van der Waals surface area contributed by atoms with Gasteiger partial charge >= 0.3 is 6.09 Å². The van der Waals surface area contributed by atoms with Gasteiger partial charge in [0.15, 0.2) is 5.78 Å². The van der Waals surface area contributed by atoms with Crippen molar-refractivity contribution in [3.05, 3.63) is 102 Å². The predicted octanol–water partition coefficient (Wildman–Crippen LogP) is 5.53. The summed E-state index contributed by atoms with van der Waals surface area (Å²) in [6, 6.07) is 20.0. The Balaban J connectivity index is 1.84. The molecule has 2 bridgehead atoms. The van der Waals surface area contributed by atoms with Crippen molar-refractivity contribution in [3.63, 3.8) is 0 Å². The van der Waals surface area contributed by atoms with E-state index in [0.29, 0.717) is 0 Å². The van der Waals surface area contributed by atoms with Gasteiger partial charge in [0.05, 0.1) is 18.1 Å². The van der Waals surface area contributed by atoms with Crippen molar-refractivity contribution >= 4 is 17.4 Å². The summed E-state index contributed by atoms with van der Waals surface area (Å²) >= 11 is 0. The quantitative estimate of drug-likeness (QED) is 0.608. The molecule has 4 heteroatoms. The second-order valence-electron chi connectivity index (χ2n) is 8.87. The minimum Gasteiger partial charge on any atom is -0.449 e. The van der Waals surface area contributed by atoms with E-state index in [1.54, 1.807) is 11.8 Å². The highest BCUT2D eigenvalue weighted by Gasteiger charge is 2.69. The van der Waals surface area contributed by atoms with Crippen LogP contribution in [0.25, 0.3) is 5.57 Å². The molecule has 0 saturated carbocycles. The number of allylic oxidation sites excluding steroid dienone is 4. The van der Waals surface area contributed by atoms with Gasteiger partial charge in [-0.15, -0.1) is 0 Å². The van der Waals surface area contributed by atoms with Gasteiger partial charge in [-0.2, -0.15) is 0 Å². The Morgan fingerprint density at radius 2 is 1.66 bits per heavy atom. The molecule has 2 aliphatic carbocycles. The van der Waals surface area contributed by atoms with Crippen LogP contribution in [0, 0.1) is 11.3 Å². The molecule has 4 aliphatic rings. The fourth-order valence-electron chi connectivity index (χ4n) is 6.30. The smallest absolute Gasteiger partial charge is 0.414 e. The minimum atomic E-state index is -0.890. The number of carbonyl (C=O) groups is 2. The van der Waals surface area contributed by atoms with Crippen LogP contribution in [0.5, 0.6) is 0 Å². The van der Waals surface area contributed by atoms with Crippen LogP contribution in [-0.2, 0) is 14.9 Å². The predicted molar refractivity (Wildman–Crippen MR) is 125 cm³/mol. The molecule has 0 spiro atoms. The highest BCUT2D eigenvalue weighted by atomic mass is 16.6. The second kappa shape index (κ2) is 7.33. The van der Waals surface area contributed by atoms with Crippen LogP contribution in [0.3, 0.4) is 0 Å². The summed E-state index contributed by atoms with van der Waals surface area (Å²) in [6.07, 6.45) is 7.61. The maximum absolute atomic E-state index is 14.2. The fourth-order valence-corrected chi connectivity index (χ4v) is 6.30. The molecule has 0 saturated heterocycles. The van der Waals surface area contributed by atoms with Crippen LogP contribution in [0.1, 0.15) is 31.9 Å². The van der Waals surface area contributed by atoms with E-state index in [2.05, 4.69) is 36.4 Å². The third kappa shape index (κ3) is 2.44. The van der Waals surface area contributed by atoms with Gasteiger partial charge in [-0.3, -0.25) is 9.69 Å². The Hall–Kier alpha value is -3.40. The van der Waals surface area contributed by atoms with E-state index in [-0.39, 0.29) is 18.3 Å². The molecule has 32 heavy (non-hydrogen) atoms. The van der Waals surface area contributed by atoms with E-state index >= 15 is 0 Å². The van der Waals surface area contributed by atoms with E-state index in [9.17, 15) is 9.59 Å². The molecule has 0 radical (unpaired) electrons. The highest BCUT2D eigenvalue weighted by molar-refractivity contribution is 6.15. The Kier molecular flexibility index (Phi) is 4.70. The number of benzene rings is 2. The van der Waals surface area contributed by atoms with E-state index in [1.165, 1.54) is 0 Å². The number of hydrogen-bond donors (Lipinski definition) is 0. The third-order valence-corrected chi connectivity index (χ3v) is 7.52. The number of nitrogens with zero attached hydrogens (tertiary/aromatic N) is 1. The molecule has 0 N–H and O–H groups in total. The molecule has 2 aromatic carbocycles. The lowest BCUT2D eigenvalue weighted by atomic mass is 9.49. The van der Waals surface area contributed by atoms with Gasteiger partial charge in [0.25, 0.3) is 0 Å². The summed E-state index contributed by atoms with van der Waals surface area (Å²) < 4.78 is 5.37. The zero-order valence-corrected chi connectivity index (χ0v) is 18.6. The van der Waals surface area contributed by atoms with Crippen molar-refractivity contribution in [2.45, 2.75) is 32.2 Å². The van der Waals surface area contributed by atoms with Crippen molar-refractivity contribution in [1.82, 2.24) is 4.90 Å². The normalized spacial score (nSPS) is 30.5. The Bertz CT molecular complexity index is 1160. The molecule has 0 unspecified atom stereocenters. The average Bonchev–Trinajstić information content (AvgIpc) is 2.99. The summed E-state index contributed by atoms with van der Waals surface area (Å²) in [4.78, 5) is 28.7. The lowest BCUT2D eigenvalue weighted by molar-refractivity contribution is -0.128. The van der Waals surface area contributed by atoms with Gasteiger partial charge in [-0.25, -0.2) is 4.79 Å². The number of fused-ring (bicyclic) bond motifs is 1. The minimum absolute atomic E-state index is 0.0811. The molecule has 4 nitrogen and oxygen atoms in total. The number of amides is 1. The zero-order chi connectivity index (χ0) is 22.5. The zero-order valence-electron chi connectivity index (χ0n) is 18.6. The molecule has 162 valence electrons. The van der Waals surface area contributed by atoms with Crippen LogP contribution < -0.4 is 0 Å². The van der Waals surface area contributed by atoms with Gasteiger partial charge in [0, 0.05) is 17.5 Å². The first kappa shape index (κ1) is 20.5. The summed E-state index contributed by atoms with van der Waals surface area (Å²) in [5.41, 5.74) is 2.41. The summed E-state index contributed by atoms with van der Waals surface area (Å²) in [5, 5.41) is 0. The Morgan fingerprint density at radius 3 is 2.31 bits per heavy atom. The van der Waals surface area contributed by atoms with Crippen LogP contribution in [0.15, 0.2) is 90.7 Å². The first-order chi connectivity index (χ1) is 15.5. The first-order valence-electron chi connectivity index (χ1n) is 11.2. The lowest BCUT2D eigenvalue weighted by Crippen LogP contribution is -2.60. The van der Waals surface area contributed by atoms with Gasteiger partial charge in [0.2, 0.25) is 0 Å². The summed E-state index contributed by atoms with van der Waals surface area (Å²) in [5.74, 6) is -0.0141. The number of Topliss-reactive ketones (excluding diaryl/α,β-unsaturated/α-hetero) is 1. The van der Waals surface area contributed by atoms with Crippen LogP contribution in [0.4, 0.5) is 4.79 Å². The number of carbonyl (C=O) groups excluding carboxylic acids is 2. The molecule has 6 rings (SSSR count). The average molecular weight is 426 g/mol. The van der Waals surface area contributed by atoms with E-state index < -0.39 is 23.0 Å². The fraction of sp³-hybridized carbons (Fsp3) is 0.286. The van der Waals surface area contributed by atoms with E-state index in [0.717, 1.165) is 22.3 Å². The maximum Gasteiger partial charge on any atom is 0.414 e. The molecule has 1 amide bonds.